The van der Waals surface area contributed by atoms with Crippen LogP contribution in [0, 0.1) is 11.8 Å². The number of nitrogens with zero attached hydrogens (tertiary/aromatic N) is 4. The minimum atomic E-state index is 0.235. The van der Waals surface area contributed by atoms with E-state index in [1.807, 2.05) is 0 Å². The Morgan fingerprint density at radius 1 is 1.12 bits per heavy atom. The number of rotatable bonds is 4. The van der Waals surface area contributed by atoms with Crippen molar-refractivity contribution >= 4 is 11.8 Å². The predicted molar refractivity (Wildman–Crippen MR) is 96.6 cm³/mol. The highest BCUT2D eigenvalue weighted by molar-refractivity contribution is 5.54. The smallest absolute Gasteiger partial charge is 0.222 e. The first-order valence-electron chi connectivity index (χ1n) is 9.54. The third kappa shape index (κ3) is 3.73. The van der Waals surface area contributed by atoms with E-state index in [-0.39, 0.29) is 6.61 Å². The van der Waals surface area contributed by atoms with Gasteiger partial charge in [0.15, 0.2) is 0 Å². The summed E-state index contributed by atoms with van der Waals surface area (Å²) in [6.07, 6.45) is 4.25. The van der Waals surface area contributed by atoms with Crippen LogP contribution in [-0.2, 0) is 17.6 Å². The zero-order valence-corrected chi connectivity index (χ0v) is 14.9. The number of aryl methyl sites for hydroxylation is 1. The van der Waals surface area contributed by atoms with Crippen LogP contribution >= 0.6 is 0 Å². The lowest BCUT2D eigenvalue weighted by Crippen LogP contribution is -2.48. The SMILES string of the molecule is Nc1nc2c(c(N3C[C@H](CO)C[C@H](CN4CCOCC4)C3)n1)CCC2. The Bertz CT molecular complexity index is 605. The minimum absolute atomic E-state index is 0.235. The molecular formula is C18H29N5O2. The Kier molecular flexibility index (Phi) is 5.05. The highest BCUT2D eigenvalue weighted by Crippen LogP contribution is 2.33. The van der Waals surface area contributed by atoms with Crippen molar-refractivity contribution in [3.8, 4) is 0 Å². The van der Waals surface area contributed by atoms with Gasteiger partial charge in [-0.1, -0.05) is 0 Å². The average Bonchev–Trinajstić information content (AvgIpc) is 3.09. The lowest BCUT2D eigenvalue weighted by Gasteiger charge is -2.41. The zero-order valence-electron chi connectivity index (χ0n) is 14.9. The van der Waals surface area contributed by atoms with E-state index >= 15 is 0 Å². The van der Waals surface area contributed by atoms with Gasteiger partial charge in [-0.05, 0) is 37.5 Å². The molecule has 7 heteroatoms. The Morgan fingerprint density at radius 3 is 2.72 bits per heavy atom. The van der Waals surface area contributed by atoms with E-state index in [9.17, 15) is 5.11 Å². The zero-order chi connectivity index (χ0) is 17.2. The highest BCUT2D eigenvalue weighted by atomic mass is 16.5. The molecule has 0 radical (unpaired) electrons. The molecule has 0 unspecified atom stereocenters. The second-order valence-corrected chi connectivity index (χ2v) is 7.65. The standard InChI is InChI=1S/C18H29N5O2/c19-18-20-16-3-1-2-15(16)17(21-18)23-10-13(8-14(11-23)12-24)9-22-4-6-25-7-5-22/h13-14,24H,1-12H2,(H2,19,20,21)/t13-,14-/m1/s1. The first-order valence-corrected chi connectivity index (χ1v) is 9.54. The quantitative estimate of drug-likeness (QED) is 0.811. The van der Waals surface area contributed by atoms with Crippen molar-refractivity contribution in [3.05, 3.63) is 11.3 Å². The van der Waals surface area contributed by atoms with Gasteiger partial charge in [-0.2, -0.15) is 4.98 Å². The molecule has 2 saturated heterocycles. The van der Waals surface area contributed by atoms with E-state index in [0.717, 1.165) is 83.1 Å². The Morgan fingerprint density at radius 2 is 1.92 bits per heavy atom. The number of hydrogen-bond acceptors (Lipinski definition) is 7. The van der Waals surface area contributed by atoms with Crippen LogP contribution in [0.1, 0.15) is 24.1 Å². The molecule has 1 aliphatic carbocycles. The Balaban J connectivity index is 1.53. The van der Waals surface area contributed by atoms with E-state index in [2.05, 4.69) is 19.8 Å². The second kappa shape index (κ2) is 7.43. The highest BCUT2D eigenvalue weighted by Gasteiger charge is 2.32. The maximum Gasteiger partial charge on any atom is 0.222 e. The third-order valence-corrected chi connectivity index (χ3v) is 5.73. The summed E-state index contributed by atoms with van der Waals surface area (Å²) in [5.74, 6) is 2.24. The van der Waals surface area contributed by atoms with Crippen molar-refractivity contribution in [2.24, 2.45) is 11.8 Å². The van der Waals surface area contributed by atoms with Gasteiger partial charge < -0.3 is 20.5 Å². The molecule has 0 spiro atoms. The normalized spacial score (nSPS) is 27.5. The van der Waals surface area contributed by atoms with Gasteiger partial charge in [0.2, 0.25) is 5.95 Å². The number of hydrogen-bond donors (Lipinski definition) is 2. The van der Waals surface area contributed by atoms with Crippen LogP contribution in [0.4, 0.5) is 11.8 Å². The van der Waals surface area contributed by atoms with Gasteiger partial charge in [-0.25, -0.2) is 4.98 Å². The number of aliphatic hydroxyl groups excluding tert-OH is 1. The van der Waals surface area contributed by atoms with Crippen LogP contribution in [0.25, 0.3) is 0 Å². The second-order valence-electron chi connectivity index (χ2n) is 7.65. The summed E-state index contributed by atoms with van der Waals surface area (Å²) >= 11 is 0. The van der Waals surface area contributed by atoms with Crippen LogP contribution in [0.5, 0.6) is 0 Å². The lowest BCUT2D eigenvalue weighted by atomic mass is 9.89. The van der Waals surface area contributed by atoms with E-state index in [1.54, 1.807) is 0 Å². The number of aliphatic hydroxyl groups is 1. The number of anilines is 2. The van der Waals surface area contributed by atoms with E-state index in [4.69, 9.17) is 10.5 Å². The van der Waals surface area contributed by atoms with E-state index < -0.39 is 0 Å². The predicted octanol–water partition coefficient (Wildman–Crippen LogP) is 0.315. The van der Waals surface area contributed by atoms with Crippen molar-refractivity contribution in [2.45, 2.75) is 25.7 Å². The molecule has 2 aliphatic heterocycles. The maximum absolute atomic E-state index is 9.81. The van der Waals surface area contributed by atoms with Gasteiger partial charge in [-0.3, -0.25) is 4.90 Å². The number of fused-ring (bicyclic) bond motifs is 1. The molecule has 0 bridgehead atoms. The van der Waals surface area contributed by atoms with Crippen molar-refractivity contribution in [1.82, 2.24) is 14.9 Å². The number of nitrogen functional groups attached to an aromatic ring is 1. The van der Waals surface area contributed by atoms with Crippen LogP contribution in [-0.4, -0.2) is 72.5 Å². The molecular weight excluding hydrogens is 318 g/mol. The molecule has 1 aromatic rings. The van der Waals surface area contributed by atoms with Gasteiger partial charge in [0.05, 0.1) is 18.9 Å². The summed E-state index contributed by atoms with van der Waals surface area (Å²) in [6, 6.07) is 0. The van der Waals surface area contributed by atoms with Crippen molar-refractivity contribution in [3.63, 3.8) is 0 Å². The molecule has 3 aliphatic rings. The summed E-state index contributed by atoms with van der Waals surface area (Å²) in [7, 11) is 0. The lowest BCUT2D eigenvalue weighted by molar-refractivity contribution is 0.0268. The number of nitrogens with two attached hydrogens (primary N) is 1. The number of ether oxygens (including phenoxy) is 1. The van der Waals surface area contributed by atoms with Gasteiger partial charge >= 0.3 is 0 Å². The number of piperidine rings is 1. The number of morpholine rings is 1. The fourth-order valence-electron chi connectivity index (χ4n) is 4.60. The van der Waals surface area contributed by atoms with E-state index in [0.29, 0.717) is 17.8 Å². The molecule has 2 atom stereocenters. The monoisotopic (exact) mass is 347 g/mol. The molecule has 0 saturated carbocycles. The topological polar surface area (TPSA) is 87.7 Å². The fourth-order valence-corrected chi connectivity index (χ4v) is 4.60. The molecule has 3 N–H and O–H groups in total. The summed E-state index contributed by atoms with van der Waals surface area (Å²) < 4.78 is 5.46. The molecule has 0 amide bonds. The molecule has 3 heterocycles. The molecule has 0 aromatic carbocycles. The number of aromatic nitrogens is 2. The van der Waals surface area contributed by atoms with Crippen LogP contribution < -0.4 is 10.6 Å². The summed E-state index contributed by atoms with van der Waals surface area (Å²) in [4.78, 5) is 13.9. The average molecular weight is 347 g/mol. The fraction of sp³-hybridized carbons (Fsp3) is 0.778. The van der Waals surface area contributed by atoms with Crippen LogP contribution in [0.2, 0.25) is 0 Å². The van der Waals surface area contributed by atoms with Crippen LogP contribution in [0.15, 0.2) is 0 Å². The molecule has 4 rings (SSSR count). The van der Waals surface area contributed by atoms with Crippen molar-refractivity contribution in [1.29, 1.82) is 0 Å². The van der Waals surface area contributed by atoms with E-state index in [1.165, 1.54) is 5.56 Å². The maximum atomic E-state index is 9.81. The first kappa shape index (κ1) is 17.0. The van der Waals surface area contributed by atoms with Gasteiger partial charge in [0.25, 0.3) is 0 Å². The van der Waals surface area contributed by atoms with Gasteiger partial charge in [0.1, 0.15) is 5.82 Å². The summed E-state index contributed by atoms with van der Waals surface area (Å²) in [6.45, 7) is 6.83. The van der Waals surface area contributed by atoms with Gasteiger partial charge in [0, 0.05) is 44.9 Å². The van der Waals surface area contributed by atoms with Gasteiger partial charge in [-0.15, -0.1) is 0 Å². The Labute approximate surface area is 149 Å². The summed E-state index contributed by atoms with van der Waals surface area (Å²) in [5.41, 5.74) is 8.37. The largest absolute Gasteiger partial charge is 0.396 e. The molecule has 1 aromatic heterocycles. The third-order valence-electron chi connectivity index (χ3n) is 5.73. The molecule has 138 valence electrons. The van der Waals surface area contributed by atoms with Crippen molar-refractivity contribution < 1.29 is 9.84 Å². The summed E-state index contributed by atoms with van der Waals surface area (Å²) in [5, 5.41) is 9.81. The molecule has 2 fully saturated rings. The minimum Gasteiger partial charge on any atom is -0.396 e. The molecule has 7 nitrogen and oxygen atoms in total. The molecule has 25 heavy (non-hydrogen) atoms. The first-order chi connectivity index (χ1) is 12.2. The van der Waals surface area contributed by atoms with Crippen molar-refractivity contribution in [2.75, 3.05) is 63.2 Å². The Hall–Kier alpha value is -1.44. The van der Waals surface area contributed by atoms with Crippen LogP contribution in [0.3, 0.4) is 0 Å².